The molecule has 0 aliphatic carbocycles. The molecule has 0 amide bonds. The van der Waals surface area contributed by atoms with Gasteiger partial charge in [0.15, 0.2) is 11.5 Å². The summed E-state index contributed by atoms with van der Waals surface area (Å²) in [5.74, 6) is -0.162. The molecule has 0 fully saturated rings. The van der Waals surface area contributed by atoms with Crippen molar-refractivity contribution >= 4 is 17.5 Å². The van der Waals surface area contributed by atoms with Crippen molar-refractivity contribution in [2.45, 2.75) is 11.9 Å². The first-order valence-corrected chi connectivity index (χ1v) is 5.17. The lowest BCUT2D eigenvalue weighted by Crippen LogP contribution is -2.22. The lowest BCUT2D eigenvalue weighted by molar-refractivity contribution is -0.141. The number of Topliss-reactive ketones (excluding diaryl/α,β-unsaturated/α-hetero) is 1. The molecule has 0 bridgehead atoms. The van der Waals surface area contributed by atoms with Crippen molar-refractivity contribution in [2.75, 3.05) is 5.75 Å². The van der Waals surface area contributed by atoms with Crippen molar-refractivity contribution in [1.29, 1.82) is 0 Å². The van der Waals surface area contributed by atoms with Crippen LogP contribution in [0.15, 0.2) is 6.33 Å². The minimum atomic E-state index is -4.59. The van der Waals surface area contributed by atoms with Gasteiger partial charge in [0.05, 0.1) is 17.0 Å². The fraction of sp³-hybridized carbons (Fsp3) is 0.375. The summed E-state index contributed by atoms with van der Waals surface area (Å²) < 4.78 is 37.5. The maximum absolute atomic E-state index is 12.5. The summed E-state index contributed by atoms with van der Waals surface area (Å²) >= 11 is 1.26. The number of carbonyl (C=O) groups excluding carboxylic acids is 1. The Bertz CT molecular complexity index is 419. The van der Waals surface area contributed by atoms with Crippen LogP contribution in [0.3, 0.4) is 0 Å². The van der Waals surface area contributed by atoms with E-state index in [1.165, 1.54) is 11.8 Å². The Hall–Kier alpha value is -1.11. The van der Waals surface area contributed by atoms with Gasteiger partial charge >= 0.3 is 6.18 Å². The van der Waals surface area contributed by atoms with Gasteiger partial charge in [0.25, 0.3) is 0 Å². The van der Waals surface area contributed by atoms with Crippen LogP contribution in [0, 0.1) is 0 Å². The molecule has 2 heterocycles. The molecule has 0 spiro atoms. The Kier molecular flexibility index (Phi) is 2.41. The topological polar surface area (TPSA) is 42.9 Å². The Morgan fingerprint density at radius 1 is 1.27 bits per heavy atom. The third-order valence-corrected chi connectivity index (χ3v) is 2.89. The third kappa shape index (κ3) is 1.83. The summed E-state index contributed by atoms with van der Waals surface area (Å²) in [6.45, 7) is 0. The predicted molar refractivity (Wildman–Crippen MR) is 47.5 cm³/mol. The predicted octanol–water partition coefficient (Wildman–Crippen LogP) is 1.92. The number of thioether (sulfide) groups is 1. The number of rotatable bonds is 0. The number of carbonyl (C=O) groups is 1. The average Bonchev–Trinajstić information content (AvgIpc) is 2.16. The highest BCUT2D eigenvalue weighted by atomic mass is 32.2. The molecule has 0 saturated heterocycles. The average molecular weight is 234 g/mol. The van der Waals surface area contributed by atoms with Gasteiger partial charge in [-0.2, -0.15) is 13.2 Å². The first kappa shape index (κ1) is 10.4. The summed E-state index contributed by atoms with van der Waals surface area (Å²) in [4.78, 5) is 18.2. The van der Waals surface area contributed by atoms with E-state index < -0.39 is 17.7 Å². The van der Waals surface area contributed by atoms with Gasteiger partial charge in [-0.15, -0.1) is 11.8 Å². The zero-order valence-corrected chi connectivity index (χ0v) is 8.15. The standard InChI is InChI=1S/C8H5F3N2OS/c9-8(10,11)7-6-4(12-3-13-7)1-15-2-5(6)14/h3H,1-2H2. The van der Waals surface area contributed by atoms with Crippen molar-refractivity contribution in [3.63, 3.8) is 0 Å². The van der Waals surface area contributed by atoms with Crippen molar-refractivity contribution < 1.29 is 18.0 Å². The molecule has 1 aromatic rings. The normalized spacial score (nSPS) is 16.3. The lowest BCUT2D eigenvalue weighted by Gasteiger charge is -2.17. The molecule has 15 heavy (non-hydrogen) atoms. The highest BCUT2D eigenvalue weighted by molar-refractivity contribution is 7.99. The van der Waals surface area contributed by atoms with Crippen LogP contribution in [-0.2, 0) is 11.9 Å². The molecule has 0 N–H and O–H groups in total. The van der Waals surface area contributed by atoms with E-state index in [9.17, 15) is 18.0 Å². The summed E-state index contributed by atoms with van der Waals surface area (Å²) in [6.07, 6.45) is -3.74. The first-order valence-electron chi connectivity index (χ1n) is 4.02. The fourth-order valence-electron chi connectivity index (χ4n) is 1.35. The van der Waals surface area contributed by atoms with Crippen LogP contribution in [0.25, 0.3) is 0 Å². The van der Waals surface area contributed by atoms with Crippen LogP contribution < -0.4 is 0 Å². The molecule has 3 nitrogen and oxygen atoms in total. The maximum Gasteiger partial charge on any atom is 0.434 e. The molecule has 0 aromatic carbocycles. The van der Waals surface area contributed by atoms with Gasteiger partial charge in [-0.1, -0.05) is 0 Å². The van der Waals surface area contributed by atoms with Crippen molar-refractivity contribution in [2.24, 2.45) is 0 Å². The van der Waals surface area contributed by atoms with E-state index in [2.05, 4.69) is 9.97 Å². The van der Waals surface area contributed by atoms with Gasteiger partial charge in [-0.3, -0.25) is 4.79 Å². The SMILES string of the molecule is O=C1CSCc2ncnc(C(F)(F)F)c21. The highest BCUT2D eigenvalue weighted by Crippen LogP contribution is 2.34. The minimum absolute atomic E-state index is 0.0590. The molecule has 1 aliphatic rings. The summed E-state index contributed by atoms with van der Waals surface area (Å²) in [7, 11) is 0. The van der Waals surface area contributed by atoms with E-state index in [4.69, 9.17) is 0 Å². The lowest BCUT2D eigenvalue weighted by atomic mass is 10.1. The summed E-state index contributed by atoms with van der Waals surface area (Å²) in [5, 5.41) is 0. The zero-order valence-electron chi connectivity index (χ0n) is 7.34. The van der Waals surface area contributed by atoms with Gasteiger partial charge in [-0.05, 0) is 0 Å². The third-order valence-electron chi connectivity index (χ3n) is 1.95. The van der Waals surface area contributed by atoms with Gasteiger partial charge in [0.1, 0.15) is 6.33 Å². The highest BCUT2D eigenvalue weighted by Gasteiger charge is 2.39. The van der Waals surface area contributed by atoms with Crippen molar-refractivity contribution in [1.82, 2.24) is 9.97 Å². The number of aromatic nitrogens is 2. The fourth-order valence-corrected chi connectivity index (χ4v) is 2.20. The van der Waals surface area contributed by atoms with E-state index in [-0.39, 0.29) is 17.0 Å². The van der Waals surface area contributed by atoms with E-state index in [1.54, 1.807) is 0 Å². The zero-order chi connectivity index (χ0) is 11.1. The number of alkyl halides is 3. The molecule has 80 valence electrons. The van der Waals surface area contributed by atoms with E-state index in [0.29, 0.717) is 5.75 Å². The number of halogens is 3. The number of ketones is 1. The van der Waals surface area contributed by atoms with Gasteiger partial charge in [-0.25, -0.2) is 9.97 Å². The van der Waals surface area contributed by atoms with Crippen LogP contribution >= 0.6 is 11.8 Å². The first-order chi connectivity index (χ1) is 7.00. The van der Waals surface area contributed by atoms with Crippen LogP contribution in [0.5, 0.6) is 0 Å². The summed E-state index contributed by atoms with van der Waals surface area (Å²) in [6, 6.07) is 0. The molecular formula is C8H5F3N2OS. The quantitative estimate of drug-likeness (QED) is 0.687. The molecule has 2 rings (SSSR count). The maximum atomic E-state index is 12.5. The van der Waals surface area contributed by atoms with Crippen LogP contribution in [0.1, 0.15) is 21.7 Å². The number of fused-ring (bicyclic) bond motifs is 1. The van der Waals surface area contributed by atoms with Crippen LogP contribution in [0.4, 0.5) is 13.2 Å². The largest absolute Gasteiger partial charge is 0.434 e. The van der Waals surface area contributed by atoms with Crippen LogP contribution in [0.2, 0.25) is 0 Å². The second-order valence-corrected chi connectivity index (χ2v) is 3.94. The van der Waals surface area contributed by atoms with E-state index >= 15 is 0 Å². The number of nitrogens with zero attached hydrogens (tertiary/aromatic N) is 2. The second-order valence-electron chi connectivity index (χ2n) is 2.96. The Morgan fingerprint density at radius 3 is 2.67 bits per heavy atom. The Morgan fingerprint density at radius 2 is 2.00 bits per heavy atom. The second kappa shape index (κ2) is 3.48. The number of hydrogen-bond acceptors (Lipinski definition) is 4. The van der Waals surface area contributed by atoms with Gasteiger partial charge < -0.3 is 0 Å². The Labute approximate surface area is 87.1 Å². The van der Waals surface area contributed by atoms with E-state index in [1.807, 2.05) is 0 Å². The molecular weight excluding hydrogens is 229 g/mol. The molecule has 7 heteroatoms. The minimum Gasteiger partial charge on any atom is -0.293 e. The van der Waals surface area contributed by atoms with Gasteiger partial charge in [0.2, 0.25) is 0 Å². The monoisotopic (exact) mass is 234 g/mol. The molecule has 0 unspecified atom stereocenters. The molecule has 0 atom stereocenters. The molecule has 0 radical (unpaired) electrons. The summed E-state index contributed by atoms with van der Waals surface area (Å²) in [5.41, 5.74) is -1.29. The van der Waals surface area contributed by atoms with Crippen LogP contribution in [-0.4, -0.2) is 21.5 Å². The smallest absolute Gasteiger partial charge is 0.293 e. The molecule has 0 saturated carbocycles. The molecule has 1 aromatic heterocycles. The van der Waals surface area contributed by atoms with E-state index in [0.717, 1.165) is 6.33 Å². The van der Waals surface area contributed by atoms with Crippen molar-refractivity contribution in [3.8, 4) is 0 Å². The molecule has 1 aliphatic heterocycles. The van der Waals surface area contributed by atoms with Gasteiger partial charge in [0, 0.05) is 5.75 Å². The van der Waals surface area contributed by atoms with Crippen molar-refractivity contribution in [3.05, 3.63) is 23.3 Å². The number of hydrogen-bond donors (Lipinski definition) is 0. The Balaban J connectivity index is 2.62.